The van der Waals surface area contributed by atoms with Crippen molar-refractivity contribution in [3.63, 3.8) is 0 Å². The van der Waals surface area contributed by atoms with Gasteiger partial charge in [0.2, 0.25) is 0 Å². The van der Waals surface area contributed by atoms with Crippen LogP contribution in [-0.4, -0.2) is 13.2 Å². The van der Waals surface area contributed by atoms with Crippen LogP contribution in [0.2, 0.25) is 0 Å². The molecule has 26 heavy (non-hydrogen) atoms. The second kappa shape index (κ2) is 13.0. The summed E-state index contributed by atoms with van der Waals surface area (Å²) in [4.78, 5) is 0. The van der Waals surface area contributed by atoms with Crippen LogP contribution in [0.25, 0.3) is 0 Å². The molecule has 0 amide bonds. The van der Waals surface area contributed by atoms with Crippen LogP contribution in [-0.2, 0) is 4.74 Å². The zero-order chi connectivity index (χ0) is 18.5. The molecule has 2 fully saturated rings. The van der Waals surface area contributed by atoms with Crippen LogP contribution in [0.4, 0.5) is 0 Å². The lowest BCUT2D eigenvalue weighted by molar-refractivity contribution is 0.00340. The third-order valence-corrected chi connectivity index (χ3v) is 7.36. The van der Waals surface area contributed by atoms with E-state index in [-0.39, 0.29) is 0 Å². The smallest absolute Gasteiger partial charge is 0.0645 e. The van der Waals surface area contributed by atoms with Gasteiger partial charge in [-0.2, -0.15) is 0 Å². The van der Waals surface area contributed by atoms with Gasteiger partial charge >= 0.3 is 0 Å². The Hall–Kier alpha value is -0.300. The summed E-state index contributed by atoms with van der Waals surface area (Å²) in [6.45, 7) is 7.83. The predicted octanol–water partition coefficient (Wildman–Crippen LogP) is 8.09. The molecule has 2 saturated carbocycles. The first kappa shape index (κ1) is 22.0. The van der Waals surface area contributed by atoms with Gasteiger partial charge < -0.3 is 4.74 Å². The normalized spacial score (nSPS) is 27.5. The van der Waals surface area contributed by atoms with E-state index >= 15 is 0 Å². The van der Waals surface area contributed by atoms with Crippen LogP contribution in [0.1, 0.15) is 116 Å². The van der Waals surface area contributed by atoms with Crippen LogP contribution < -0.4 is 0 Å². The number of hydrogen-bond donors (Lipinski definition) is 0. The Morgan fingerprint density at radius 2 is 1.46 bits per heavy atom. The third-order valence-electron chi connectivity index (χ3n) is 7.36. The molecule has 0 N–H and O–H groups in total. The summed E-state index contributed by atoms with van der Waals surface area (Å²) in [6.07, 6.45) is 26.5. The Morgan fingerprint density at radius 1 is 0.846 bits per heavy atom. The molecule has 0 aromatic rings. The summed E-state index contributed by atoms with van der Waals surface area (Å²) in [5, 5.41) is 0. The fraction of sp³-hybridized carbons (Fsp3) is 0.920. The monoisotopic (exact) mass is 362 g/mol. The van der Waals surface area contributed by atoms with Crippen LogP contribution in [0, 0.1) is 17.3 Å². The molecular formula is C25H46O. The van der Waals surface area contributed by atoms with Crippen molar-refractivity contribution < 1.29 is 4.74 Å². The molecule has 0 spiro atoms. The molecule has 0 saturated heterocycles. The maximum absolute atomic E-state index is 6.00. The van der Waals surface area contributed by atoms with E-state index in [0.717, 1.165) is 25.0 Å². The summed E-state index contributed by atoms with van der Waals surface area (Å²) in [5.74, 6) is 2.08. The molecule has 0 aromatic heterocycles. The number of hydrogen-bond acceptors (Lipinski definition) is 1. The SMILES string of the molecule is C=CCOCC1(CCCCCCCCC)CCC(C2CCCCC2)CC1. The van der Waals surface area contributed by atoms with E-state index in [1.54, 1.807) is 0 Å². The van der Waals surface area contributed by atoms with Gasteiger partial charge in [0, 0.05) is 0 Å². The van der Waals surface area contributed by atoms with Crippen molar-refractivity contribution in [2.45, 2.75) is 116 Å². The highest BCUT2D eigenvalue weighted by atomic mass is 16.5. The molecule has 1 nitrogen and oxygen atoms in total. The minimum atomic E-state index is 0.484. The van der Waals surface area contributed by atoms with Crippen LogP contribution >= 0.6 is 0 Å². The summed E-state index contributed by atoms with van der Waals surface area (Å²) in [6, 6.07) is 0. The highest BCUT2D eigenvalue weighted by Gasteiger charge is 2.37. The fourth-order valence-corrected chi connectivity index (χ4v) is 5.61. The topological polar surface area (TPSA) is 9.23 Å². The predicted molar refractivity (Wildman–Crippen MR) is 115 cm³/mol. The molecule has 0 heterocycles. The zero-order valence-corrected chi connectivity index (χ0v) is 17.8. The lowest BCUT2D eigenvalue weighted by Gasteiger charge is -2.43. The molecule has 0 unspecified atom stereocenters. The minimum absolute atomic E-state index is 0.484. The Morgan fingerprint density at radius 3 is 2.12 bits per heavy atom. The minimum Gasteiger partial charge on any atom is -0.377 e. The van der Waals surface area contributed by atoms with E-state index in [9.17, 15) is 0 Å². The lowest BCUT2D eigenvalue weighted by atomic mass is 9.64. The highest BCUT2D eigenvalue weighted by molar-refractivity contribution is 4.89. The van der Waals surface area contributed by atoms with Crippen LogP contribution in [0.15, 0.2) is 12.7 Å². The molecule has 0 atom stereocenters. The molecule has 0 radical (unpaired) electrons. The van der Waals surface area contributed by atoms with E-state index in [1.807, 2.05) is 6.08 Å². The van der Waals surface area contributed by atoms with E-state index in [4.69, 9.17) is 4.74 Å². The van der Waals surface area contributed by atoms with Gasteiger partial charge in [0.15, 0.2) is 0 Å². The van der Waals surface area contributed by atoms with Crippen molar-refractivity contribution in [1.29, 1.82) is 0 Å². The maximum atomic E-state index is 6.00. The first-order valence-corrected chi connectivity index (χ1v) is 12.0. The summed E-state index contributed by atoms with van der Waals surface area (Å²) in [7, 11) is 0. The van der Waals surface area contributed by atoms with Crippen molar-refractivity contribution in [3.05, 3.63) is 12.7 Å². The van der Waals surface area contributed by atoms with Crippen molar-refractivity contribution in [2.75, 3.05) is 13.2 Å². The average Bonchev–Trinajstić information content (AvgIpc) is 2.69. The molecule has 0 bridgehead atoms. The van der Waals surface area contributed by atoms with Crippen LogP contribution in [0.3, 0.4) is 0 Å². The summed E-state index contributed by atoms with van der Waals surface area (Å²) >= 11 is 0. The molecule has 0 aliphatic heterocycles. The van der Waals surface area contributed by atoms with Gasteiger partial charge in [0.25, 0.3) is 0 Å². The molecule has 1 heteroatoms. The van der Waals surface area contributed by atoms with Crippen LogP contribution in [0.5, 0.6) is 0 Å². The summed E-state index contributed by atoms with van der Waals surface area (Å²) < 4.78 is 6.00. The number of unbranched alkanes of at least 4 members (excludes halogenated alkanes) is 6. The molecular weight excluding hydrogens is 316 g/mol. The second-order valence-electron chi connectivity index (χ2n) is 9.41. The molecule has 0 aromatic carbocycles. The van der Waals surface area contributed by atoms with E-state index in [0.29, 0.717) is 5.41 Å². The lowest BCUT2D eigenvalue weighted by Crippen LogP contribution is -2.34. The first-order chi connectivity index (χ1) is 12.8. The van der Waals surface area contributed by atoms with Crippen molar-refractivity contribution in [2.24, 2.45) is 17.3 Å². The van der Waals surface area contributed by atoms with Crippen molar-refractivity contribution in [1.82, 2.24) is 0 Å². The highest BCUT2D eigenvalue weighted by Crippen LogP contribution is 2.47. The quantitative estimate of drug-likeness (QED) is 0.237. The van der Waals surface area contributed by atoms with Gasteiger partial charge in [0.05, 0.1) is 13.2 Å². The fourth-order valence-electron chi connectivity index (χ4n) is 5.61. The Kier molecular flexibility index (Phi) is 11.0. The Balaban J connectivity index is 1.73. The first-order valence-electron chi connectivity index (χ1n) is 12.0. The van der Waals surface area contributed by atoms with Gasteiger partial charge in [-0.1, -0.05) is 90.0 Å². The third kappa shape index (κ3) is 7.75. The van der Waals surface area contributed by atoms with Gasteiger partial charge in [-0.3, -0.25) is 0 Å². The molecule has 2 aliphatic carbocycles. The van der Waals surface area contributed by atoms with E-state index in [1.165, 1.54) is 109 Å². The van der Waals surface area contributed by atoms with Crippen molar-refractivity contribution in [3.8, 4) is 0 Å². The molecule has 2 aliphatic rings. The standard InChI is InChI=1S/C25H46O/c1-3-5-6-7-8-9-13-18-25(22-26-21-4-2)19-16-24(17-20-25)23-14-11-10-12-15-23/h4,23-24H,2-3,5-22H2,1H3. The zero-order valence-electron chi connectivity index (χ0n) is 17.8. The summed E-state index contributed by atoms with van der Waals surface area (Å²) in [5.41, 5.74) is 0.484. The largest absolute Gasteiger partial charge is 0.377 e. The maximum Gasteiger partial charge on any atom is 0.0645 e. The number of rotatable bonds is 13. The van der Waals surface area contributed by atoms with E-state index < -0.39 is 0 Å². The van der Waals surface area contributed by atoms with Gasteiger partial charge in [-0.25, -0.2) is 0 Å². The number of ether oxygens (including phenoxy) is 1. The molecule has 152 valence electrons. The van der Waals surface area contributed by atoms with Gasteiger partial charge in [-0.15, -0.1) is 6.58 Å². The van der Waals surface area contributed by atoms with Crippen molar-refractivity contribution >= 4 is 0 Å². The van der Waals surface area contributed by atoms with E-state index in [2.05, 4.69) is 13.5 Å². The van der Waals surface area contributed by atoms with Gasteiger partial charge in [0.1, 0.15) is 0 Å². The average molecular weight is 363 g/mol. The Labute approximate surface area is 164 Å². The second-order valence-corrected chi connectivity index (χ2v) is 9.41. The molecule has 2 rings (SSSR count). The Bertz CT molecular complexity index is 347. The van der Waals surface area contributed by atoms with Gasteiger partial charge in [-0.05, 0) is 49.4 Å².